The molecule has 0 saturated heterocycles. The molecule has 10 heavy (non-hydrogen) atoms. The van der Waals surface area contributed by atoms with Crippen LogP contribution in [0.1, 0.15) is 0 Å². The Morgan fingerprint density at radius 3 is 1.00 bits per heavy atom. The first-order valence-corrected chi connectivity index (χ1v) is 5.81. The van der Waals surface area contributed by atoms with Crippen LogP contribution in [0.2, 0.25) is 0 Å². The van der Waals surface area contributed by atoms with Crippen molar-refractivity contribution in [1.29, 1.82) is 0 Å². The first-order chi connectivity index (χ1) is 3.41. The second kappa shape index (κ2) is 12.1. The van der Waals surface area contributed by atoms with Crippen LogP contribution < -0.4 is 0 Å². The van der Waals surface area contributed by atoms with Crippen LogP contribution in [-0.2, 0) is 14.9 Å². The van der Waals surface area contributed by atoms with Crippen molar-refractivity contribution in [2.24, 2.45) is 0 Å². The van der Waals surface area contributed by atoms with E-state index in [1.165, 1.54) is 0 Å². The fraction of sp³-hybridized carbons (Fsp3) is 0. The summed E-state index contributed by atoms with van der Waals surface area (Å²) in [4.78, 5) is 0. The molecule has 0 fully saturated rings. The monoisotopic (exact) mass is 402 g/mol. The molecular formula is H4O8SU. The third kappa shape index (κ3) is 2390. The topological polar surface area (TPSA) is 177 Å². The second-order valence-electron chi connectivity index (χ2n) is 0.492. The normalized spacial score (nSPS) is 6.60. The number of hydrogen-bond acceptors (Lipinski definition) is 6. The Bertz CT molecular complexity index is 150. The van der Waals surface area contributed by atoms with E-state index in [0.29, 0.717) is 0 Å². The van der Waals surface area contributed by atoms with Crippen LogP contribution in [-0.4, -0.2) is 28.5 Å². The molecule has 0 bridgehead atoms. The molecular weight excluding hydrogens is 398 g/mol. The summed E-state index contributed by atoms with van der Waals surface area (Å²) in [6.45, 7) is 0. The van der Waals surface area contributed by atoms with Gasteiger partial charge < -0.3 is 20.1 Å². The van der Waals surface area contributed by atoms with Gasteiger partial charge >= 0.3 is 32.3 Å². The molecule has 0 rings (SSSR count). The minimum absolute atomic E-state index is 0. The zero-order chi connectivity index (χ0) is 7.21. The molecule has 0 saturated carbocycles. The fourth-order valence-electron chi connectivity index (χ4n) is 0. The van der Waals surface area contributed by atoms with E-state index in [0.717, 1.165) is 0 Å². The predicted molar refractivity (Wildman–Crippen MR) is 19.1 cm³/mol. The molecule has 0 spiro atoms. The predicted octanol–water partition coefficient (Wildman–Crippen LogP) is -3.22. The van der Waals surface area contributed by atoms with Gasteiger partial charge in [0.05, 0.1) is 0 Å². The van der Waals surface area contributed by atoms with E-state index in [1.807, 2.05) is 0 Å². The van der Waals surface area contributed by atoms with Gasteiger partial charge in [-0.3, -0.25) is 8.42 Å². The molecule has 8 nitrogen and oxygen atoms in total. The summed E-state index contributed by atoms with van der Waals surface area (Å²) >= 11 is -2.51. The molecule has 0 unspecified atom stereocenters. The first-order valence-electron chi connectivity index (χ1n) is 1.07. The maximum absolute atomic E-state index is 8.58. The quantitative estimate of drug-likeness (QED) is 0.304. The van der Waals surface area contributed by atoms with Crippen LogP contribution in [0.4, 0.5) is 0 Å². The Kier molecular flexibility index (Phi) is 27.3. The number of hydrogen-bond donors (Lipinski definition) is 0. The van der Waals surface area contributed by atoms with E-state index >= 15 is 0 Å². The minimum atomic E-state index is -5.17. The van der Waals surface area contributed by atoms with Crippen LogP contribution in [0.3, 0.4) is 0 Å². The summed E-state index contributed by atoms with van der Waals surface area (Å²) in [5, 5.41) is 0. The molecule has 10 heteroatoms. The first kappa shape index (κ1) is 22.4. The standard InChI is InChI=1S/H2O4S.2H2O.2O.U/c1-5(2,3)4;;;;;/h(H2,1,2,3,4);2*1H2;;;/q;;;;;+2/p-2. The van der Waals surface area contributed by atoms with Crippen molar-refractivity contribution >= 4 is 10.4 Å². The summed E-state index contributed by atoms with van der Waals surface area (Å²) in [7, 11) is -5.17. The summed E-state index contributed by atoms with van der Waals surface area (Å²) in [5.74, 6) is 0. The van der Waals surface area contributed by atoms with Gasteiger partial charge in [-0.15, -0.1) is 0 Å². The molecule has 62 valence electrons. The van der Waals surface area contributed by atoms with Crippen molar-refractivity contribution < 1.29 is 60.8 Å². The summed E-state index contributed by atoms with van der Waals surface area (Å²) in [6.07, 6.45) is 0. The van der Waals surface area contributed by atoms with Gasteiger partial charge in [0.1, 0.15) is 0 Å². The van der Waals surface area contributed by atoms with Crippen LogP contribution in [0.25, 0.3) is 0 Å². The Morgan fingerprint density at radius 1 is 1.00 bits per heavy atom. The fourth-order valence-corrected chi connectivity index (χ4v) is 0. The van der Waals surface area contributed by atoms with Gasteiger partial charge in [0, 0.05) is 10.4 Å². The third-order valence-corrected chi connectivity index (χ3v) is 0. The van der Waals surface area contributed by atoms with Crippen LogP contribution in [0.15, 0.2) is 0 Å². The molecule has 0 heterocycles. The van der Waals surface area contributed by atoms with Crippen molar-refractivity contribution in [1.82, 2.24) is 0 Å². The van der Waals surface area contributed by atoms with Crippen molar-refractivity contribution in [3.8, 4) is 0 Å². The summed E-state index contributed by atoms with van der Waals surface area (Å²) in [5.41, 5.74) is 0. The van der Waals surface area contributed by atoms with E-state index in [1.54, 1.807) is 0 Å². The van der Waals surface area contributed by atoms with Crippen LogP contribution >= 0.6 is 0 Å². The van der Waals surface area contributed by atoms with E-state index in [9.17, 15) is 0 Å². The molecule has 0 aliphatic carbocycles. The van der Waals surface area contributed by atoms with Gasteiger partial charge in [0.25, 0.3) is 0 Å². The van der Waals surface area contributed by atoms with Crippen molar-refractivity contribution in [3.05, 3.63) is 0 Å². The van der Waals surface area contributed by atoms with Gasteiger partial charge in [-0.2, -0.15) is 0 Å². The summed E-state index contributed by atoms with van der Waals surface area (Å²) in [6, 6.07) is 0. The molecule has 0 aromatic rings. The van der Waals surface area contributed by atoms with Gasteiger partial charge in [-0.25, -0.2) is 0 Å². The molecule has 0 amide bonds. The molecule has 0 radical (unpaired) electrons. The van der Waals surface area contributed by atoms with Gasteiger partial charge in [0.2, 0.25) is 0 Å². The van der Waals surface area contributed by atoms with E-state index in [4.69, 9.17) is 22.0 Å². The second-order valence-corrected chi connectivity index (χ2v) is 2.00. The molecule has 0 aromatic carbocycles. The molecule has 0 aliphatic rings. The summed E-state index contributed by atoms with van der Waals surface area (Å²) < 4.78 is 51.3. The number of rotatable bonds is 0. The van der Waals surface area contributed by atoms with Gasteiger partial charge in [-0.05, 0) is 0 Å². The third-order valence-electron chi connectivity index (χ3n) is 0. The maximum atomic E-state index is 8.58. The van der Waals surface area contributed by atoms with Crippen LogP contribution in [0.5, 0.6) is 0 Å². The molecule has 0 aliphatic heterocycles. The van der Waals surface area contributed by atoms with Gasteiger partial charge in [-0.1, -0.05) is 0 Å². The zero-order valence-corrected chi connectivity index (χ0v) is 9.34. The van der Waals surface area contributed by atoms with Crippen molar-refractivity contribution in [2.45, 2.75) is 0 Å². The SMILES string of the molecule is O.O.O=S(=O)([O-])[O-].[O]=[U+2]=[O]. The molecule has 0 aromatic heterocycles. The van der Waals surface area contributed by atoms with E-state index in [-0.39, 0.29) is 11.0 Å². The van der Waals surface area contributed by atoms with Crippen molar-refractivity contribution in [3.63, 3.8) is 0 Å². The van der Waals surface area contributed by atoms with E-state index < -0.39 is 38.2 Å². The molecule has 0 atom stereocenters. The molecule has 4 N–H and O–H groups in total. The Morgan fingerprint density at radius 2 is 1.00 bits per heavy atom. The van der Waals surface area contributed by atoms with Crippen molar-refractivity contribution in [2.75, 3.05) is 0 Å². The Hall–Kier alpha value is 0.442. The zero-order valence-electron chi connectivity index (χ0n) is 4.36. The van der Waals surface area contributed by atoms with E-state index in [2.05, 4.69) is 0 Å². The van der Waals surface area contributed by atoms with Gasteiger partial charge in [0.15, 0.2) is 0 Å². The average Bonchev–Trinajstić information content (AvgIpc) is 1.27. The Balaban J connectivity index is -0.0000000326. The average molecular weight is 402 g/mol. The van der Waals surface area contributed by atoms with Crippen LogP contribution in [0, 0.1) is 27.8 Å². The Labute approximate surface area is 71.0 Å².